The molecule has 0 spiro atoms. The maximum absolute atomic E-state index is 5.34. The lowest BCUT2D eigenvalue weighted by Gasteiger charge is -2.16. The van der Waals surface area contributed by atoms with E-state index in [9.17, 15) is 0 Å². The summed E-state index contributed by atoms with van der Waals surface area (Å²) in [5, 5.41) is 8.71. The Morgan fingerprint density at radius 1 is 1.75 bits per heavy atom. The molecule has 0 fully saturated rings. The third kappa shape index (κ3) is 1.86. The molecule has 2 N–H and O–H groups in total. The maximum atomic E-state index is 5.34. The minimum Gasteiger partial charge on any atom is -0.374 e. The largest absolute Gasteiger partial charge is 0.374 e. The lowest BCUT2D eigenvalue weighted by Crippen LogP contribution is -2.35. The summed E-state index contributed by atoms with van der Waals surface area (Å²) in [6.07, 6.45) is 1.55. The second-order valence-corrected chi connectivity index (χ2v) is 2.32. The second kappa shape index (κ2) is 3.93. The molecule has 1 aromatic rings. The van der Waals surface area contributed by atoms with Crippen molar-refractivity contribution < 1.29 is 4.84 Å². The monoisotopic (exact) mass is 184 g/mol. The van der Waals surface area contributed by atoms with Crippen LogP contribution in [0.15, 0.2) is 18.3 Å². The van der Waals surface area contributed by atoms with Crippen molar-refractivity contribution in [3.05, 3.63) is 18.3 Å². The van der Waals surface area contributed by atoms with E-state index < -0.39 is 0 Å². The van der Waals surface area contributed by atoms with Gasteiger partial charge >= 0.3 is 0 Å². The predicted molar refractivity (Wildman–Crippen MR) is 48.3 cm³/mol. The minimum atomic E-state index is 0.0954. The number of hydroxylamine groups is 1. The molecule has 0 bridgehead atoms. The Kier molecular flexibility index (Phi) is 2.89. The molecule has 0 saturated heterocycles. The van der Waals surface area contributed by atoms with Crippen molar-refractivity contribution in [3.8, 4) is 0 Å². The van der Waals surface area contributed by atoms with Gasteiger partial charge in [0.25, 0.3) is 0 Å². The molecule has 0 aliphatic heterocycles. The Labute approximate surface area is 75.1 Å². The highest BCUT2D eigenvalue weighted by Crippen LogP contribution is 2.06. The van der Waals surface area contributed by atoms with Crippen LogP contribution in [-0.2, 0) is 4.84 Å². The third-order valence-electron chi connectivity index (χ3n) is 1.15. The van der Waals surface area contributed by atoms with E-state index in [1.165, 1.54) is 12.2 Å². The van der Waals surface area contributed by atoms with Crippen molar-refractivity contribution in [2.75, 3.05) is 12.2 Å². The summed E-state index contributed by atoms with van der Waals surface area (Å²) in [6, 6.07) is 3.41. The first-order valence-electron chi connectivity index (χ1n) is 3.17. The van der Waals surface area contributed by atoms with Gasteiger partial charge in [-0.25, -0.2) is 0 Å². The number of hydrogen-bond acceptors (Lipinski definition) is 4. The second-order valence-electron chi connectivity index (χ2n) is 1.90. The summed E-state index contributed by atoms with van der Waals surface area (Å²) in [5.74, 6) is 0.465. The van der Waals surface area contributed by atoms with Gasteiger partial charge in [-0.2, -0.15) is 10.2 Å². The van der Waals surface area contributed by atoms with Crippen molar-refractivity contribution in [1.82, 2.24) is 10.2 Å². The smallest absolute Gasteiger partial charge is 0.197 e. The lowest BCUT2D eigenvalue weighted by atomic mass is 10.5. The topological polar surface area (TPSA) is 64.3 Å². The first-order valence-corrected chi connectivity index (χ1v) is 3.58. The first-order chi connectivity index (χ1) is 5.75. The summed E-state index contributed by atoms with van der Waals surface area (Å²) in [5.41, 5.74) is 5.34. The number of rotatable bonds is 2. The molecular formula is C6H8N4OS. The standard InChI is InChI=1S/C6H8N4OS/c1-11-10(6(7)12)5-3-2-4-8-9-5/h2-4H,1H3,(H2,7,12). The van der Waals surface area contributed by atoms with Gasteiger partial charge in [0, 0.05) is 6.20 Å². The average molecular weight is 184 g/mol. The molecule has 0 saturated carbocycles. The van der Waals surface area contributed by atoms with Gasteiger partial charge in [0.05, 0.1) is 7.11 Å². The van der Waals surface area contributed by atoms with Crippen LogP contribution in [0, 0.1) is 0 Å². The molecule has 0 unspecified atom stereocenters. The van der Waals surface area contributed by atoms with Crippen LogP contribution in [0.25, 0.3) is 0 Å². The highest BCUT2D eigenvalue weighted by atomic mass is 32.1. The van der Waals surface area contributed by atoms with E-state index in [4.69, 9.17) is 22.8 Å². The van der Waals surface area contributed by atoms with Gasteiger partial charge in [0.15, 0.2) is 10.9 Å². The fourth-order valence-corrected chi connectivity index (χ4v) is 0.866. The van der Waals surface area contributed by atoms with E-state index in [-0.39, 0.29) is 5.11 Å². The van der Waals surface area contributed by atoms with Gasteiger partial charge in [0.2, 0.25) is 0 Å². The average Bonchev–Trinajstić information content (AvgIpc) is 2.07. The van der Waals surface area contributed by atoms with Crippen LogP contribution in [0.5, 0.6) is 0 Å². The molecule has 0 atom stereocenters. The zero-order valence-corrected chi connectivity index (χ0v) is 7.28. The molecule has 0 aliphatic rings. The molecule has 5 nitrogen and oxygen atoms in total. The molecule has 0 aliphatic carbocycles. The number of aromatic nitrogens is 2. The Hall–Kier alpha value is -1.27. The zero-order valence-electron chi connectivity index (χ0n) is 6.47. The van der Waals surface area contributed by atoms with Gasteiger partial charge in [0.1, 0.15) is 0 Å². The van der Waals surface area contributed by atoms with E-state index in [2.05, 4.69) is 10.2 Å². The zero-order chi connectivity index (χ0) is 8.97. The van der Waals surface area contributed by atoms with Crippen molar-refractivity contribution in [3.63, 3.8) is 0 Å². The Balaban J connectivity index is 2.88. The van der Waals surface area contributed by atoms with Crippen LogP contribution in [0.3, 0.4) is 0 Å². The summed E-state index contributed by atoms with van der Waals surface area (Å²) >= 11 is 4.71. The molecule has 0 radical (unpaired) electrons. The molecule has 6 heteroatoms. The van der Waals surface area contributed by atoms with Gasteiger partial charge < -0.3 is 5.73 Å². The van der Waals surface area contributed by atoms with Gasteiger partial charge in [-0.1, -0.05) is 0 Å². The number of anilines is 1. The molecule has 1 rings (SSSR count). The SMILES string of the molecule is CON(C(N)=S)c1cccnn1. The molecule has 0 aromatic carbocycles. The summed E-state index contributed by atoms with van der Waals surface area (Å²) < 4.78 is 0. The van der Waals surface area contributed by atoms with Crippen LogP contribution in [0.2, 0.25) is 0 Å². The normalized spacial score (nSPS) is 9.42. The van der Waals surface area contributed by atoms with E-state index in [1.807, 2.05) is 0 Å². The Morgan fingerprint density at radius 3 is 2.92 bits per heavy atom. The number of thiocarbonyl (C=S) groups is 1. The van der Waals surface area contributed by atoms with E-state index in [0.29, 0.717) is 5.82 Å². The number of nitrogens with zero attached hydrogens (tertiary/aromatic N) is 3. The Morgan fingerprint density at radius 2 is 2.50 bits per heavy atom. The van der Waals surface area contributed by atoms with Crippen molar-refractivity contribution in [2.24, 2.45) is 5.73 Å². The summed E-state index contributed by atoms with van der Waals surface area (Å²) in [6.45, 7) is 0. The van der Waals surface area contributed by atoms with Crippen molar-refractivity contribution in [1.29, 1.82) is 0 Å². The quantitative estimate of drug-likeness (QED) is 0.519. The summed E-state index contributed by atoms with van der Waals surface area (Å²) in [4.78, 5) is 4.86. The summed E-state index contributed by atoms with van der Waals surface area (Å²) in [7, 11) is 1.45. The first kappa shape index (κ1) is 8.82. The van der Waals surface area contributed by atoms with Crippen LogP contribution < -0.4 is 10.8 Å². The van der Waals surface area contributed by atoms with Gasteiger partial charge in [-0.3, -0.25) is 4.84 Å². The molecule has 1 aromatic heterocycles. The molecular weight excluding hydrogens is 176 g/mol. The van der Waals surface area contributed by atoms with E-state index >= 15 is 0 Å². The number of nitrogens with two attached hydrogens (primary N) is 1. The fraction of sp³-hybridized carbons (Fsp3) is 0.167. The van der Waals surface area contributed by atoms with Crippen molar-refractivity contribution >= 4 is 23.1 Å². The van der Waals surface area contributed by atoms with Crippen molar-refractivity contribution in [2.45, 2.75) is 0 Å². The van der Waals surface area contributed by atoms with Gasteiger partial charge in [-0.05, 0) is 24.4 Å². The minimum absolute atomic E-state index is 0.0954. The molecule has 0 amide bonds. The van der Waals surface area contributed by atoms with Crippen LogP contribution in [0.4, 0.5) is 5.82 Å². The maximum Gasteiger partial charge on any atom is 0.197 e. The van der Waals surface area contributed by atoms with Gasteiger partial charge in [-0.15, -0.1) is 5.10 Å². The molecule has 64 valence electrons. The van der Waals surface area contributed by atoms with Crippen LogP contribution in [-0.4, -0.2) is 22.4 Å². The lowest BCUT2D eigenvalue weighted by molar-refractivity contribution is 0.208. The van der Waals surface area contributed by atoms with E-state index in [0.717, 1.165) is 0 Å². The third-order valence-corrected chi connectivity index (χ3v) is 1.31. The van der Waals surface area contributed by atoms with Crippen LogP contribution in [0.1, 0.15) is 0 Å². The molecule has 1 heterocycles. The predicted octanol–water partition coefficient (Wildman–Crippen LogP) is 0.0880. The van der Waals surface area contributed by atoms with Crippen LogP contribution >= 0.6 is 12.2 Å². The molecule has 12 heavy (non-hydrogen) atoms. The Bertz CT molecular complexity index is 266. The van der Waals surface area contributed by atoms with E-state index in [1.54, 1.807) is 18.3 Å². The highest BCUT2D eigenvalue weighted by molar-refractivity contribution is 7.80. The number of hydrogen-bond donors (Lipinski definition) is 1. The highest BCUT2D eigenvalue weighted by Gasteiger charge is 2.08. The fourth-order valence-electron chi connectivity index (χ4n) is 0.698.